The van der Waals surface area contributed by atoms with E-state index in [9.17, 15) is 22.4 Å². The van der Waals surface area contributed by atoms with Crippen molar-refractivity contribution in [3.63, 3.8) is 0 Å². The molecule has 0 radical (unpaired) electrons. The van der Waals surface area contributed by atoms with Crippen LogP contribution >= 0.6 is 0 Å². The van der Waals surface area contributed by atoms with E-state index in [1.807, 2.05) is 0 Å². The number of aromatic nitrogens is 2. The summed E-state index contributed by atoms with van der Waals surface area (Å²) in [6.45, 7) is 3.47. The highest BCUT2D eigenvalue weighted by Gasteiger charge is 2.21. The van der Waals surface area contributed by atoms with Gasteiger partial charge in [-0.25, -0.2) is 12.8 Å². The highest BCUT2D eigenvalue weighted by Crippen LogP contribution is 2.21. The van der Waals surface area contributed by atoms with Crippen molar-refractivity contribution in [1.29, 1.82) is 0 Å². The number of carbonyl (C=O) groups is 2. The predicted molar refractivity (Wildman–Crippen MR) is 120 cm³/mol. The Balaban J connectivity index is 1.70. The van der Waals surface area contributed by atoms with Crippen molar-refractivity contribution in [2.75, 3.05) is 12.4 Å². The first kappa shape index (κ1) is 24.1. The summed E-state index contributed by atoms with van der Waals surface area (Å²) in [5.74, 6) is -2.27. The lowest BCUT2D eigenvalue weighted by atomic mass is 10.1. The van der Waals surface area contributed by atoms with Gasteiger partial charge in [0.15, 0.2) is 15.6 Å². The second kappa shape index (κ2) is 9.95. The fourth-order valence-corrected chi connectivity index (χ4v) is 4.31. The van der Waals surface area contributed by atoms with Crippen LogP contribution in [0.25, 0.3) is 11.3 Å². The van der Waals surface area contributed by atoms with E-state index in [1.165, 1.54) is 28.9 Å². The monoisotopic (exact) mass is 473 g/mol. The highest BCUT2D eigenvalue weighted by molar-refractivity contribution is 7.92. The second-order valence-corrected chi connectivity index (χ2v) is 9.36. The van der Waals surface area contributed by atoms with E-state index in [-0.39, 0.29) is 23.2 Å². The highest BCUT2D eigenvalue weighted by atomic mass is 32.2. The Morgan fingerprint density at radius 1 is 1.12 bits per heavy atom. The van der Waals surface area contributed by atoms with Gasteiger partial charge in [0.05, 0.1) is 23.2 Å². The molecular formula is C23H24FN3O5S. The molecule has 2 aromatic carbocycles. The molecule has 10 heteroatoms. The van der Waals surface area contributed by atoms with Gasteiger partial charge in [0.1, 0.15) is 11.5 Å². The van der Waals surface area contributed by atoms with Crippen LogP contribution in [0.15, 0.2) is 59.5 Å². The smallest absolute Gasteiger partial charge is 0.321 e. The van der Waals surface area contributed by atoms with Gasteiger partial charge < -0.3 is 10.1 Å². The molecular weight excluding hydrogens is 449 g/mol. The number of benzene rings is 2. The van der Waals surface area contributed by atoms with Crippen LogP contribution in [0.2, 0.25) is 0 Å². The number of sulfone groups is 1. The van der Waals surface area contributed by atoms with Crippen molar-refractivity contribution in [2.45, 2.75) is 24.8 Å². The van der Waals surface area contributed by atoms with E-state index in [2.05, 4.69) is 10.4 Å². The first-order valence-electron chi connectivity index (χ1n) is 10.2. The number of nitrogens with one attached hydrogen (secondary N) is 1. The fraction of sp³-hybridized carbons (Fsp3) is 0.261. The molecule has 0 saturated heterocycles. The van der Waals surface area contributed by atoms with Crippen LogP contribution in [0, 0.1) is 5.82 Å². The van der Waals surface area contributed by atoms with Gasteiger partial charge in [0.2, 0.25) is 0 Å². The third-order valence-corrected chi connectivity index (χ3v) is 6.56. The average molecular weight is 474 g/mol. The maximum Gasteiger partial charge on any atom is 0.321 e. The van der Waals surface area contributed by atoms with Crippen LogP contribution < -0.4 is 5.32 Å². The zero-order valence-corrected chi connectivity index (χ0v) is 19.2. The van der Waals surface area contributed by atoms with Gasteiger partial charge in [-0.1, -0.05) is 12.1 Å². The third kappa shape index (κ3) is 5.83. The van der Waals surface area contributed by atoms with Gasteiger partial charge in [0, 0.05) is 12.6 Å². The first-order valence-corrected chi connectivity index (χ1v) is 11.8. The Labute approximate surface area is 191 Å². The normalized spacial score (nSPS) is 12.2. The summed E-state index contributed by atoms with van der Waals surface area (Å²) in [6, 6.07) is 12.9. The molecule has 1 heterocycles. The molecule has 1 aromatic heterocycles. The molecule has 0 fully saturated rings. The minimum absolute atomic E-state index is 0.00611. The first-order chi connectivity index (χ1) is 15.6. The number of hydrogen-bond donors (Lipinski definition) is 1. The Morgan fingerprint density at radius 3 is 2.36 bits per heavy atom. The summed E-state index contributed by atoms with van der Waals surface area (Å²) < 4.78 is 44.0. The van der Waals surface area contributed by atoms with Crippen LogP contribution in [0.1, 0.15) is 35.9 Å². The number of carbonyl (C=O) groups excluding carboxylic acids is 2. The van der Waals surface area contributed by atoms with Crippen LogP contribution in [0.4, 0.5) is 4.39 Å². The molecule has 33 heavy (non-hydrogen) atoms. The summed E-state index contributed by atoms with van der Waals surface area (Å²) in [6.07, 6.45) is 0. The number of halogens is 1. The maximum absolute atomic E-state index is 13.2. The number of amides is 1. The Morgan fingerprint density at radius 2 is 1.76 bits per heavy atom. The minimum atomic E-state index is -3.82. The standard InChI is InChI=1S/C23H24FN3O5S/c1-4-32-22(28)14-33(30,31)19-11-7-16(8-12-19)15(2)25-23(29)21-13-20(26-27(21)3)17-5-9-18(24)10-6-17/h5-13,15H,4,14H2,1-3H3,(H,25,29)/t15-/m1/s1. The van der Waals surface area contributed by atoms with Gasteiger partial charge >= 0.3 is 5.97 Å². The molecule has 0 saturated carbocycles. The van der Waals surface area contributed by atoms with Crippen molar-refractivity contribution < 1.29 is 27.1 Å². The molecule has 0 spiro atoms. The van der Waals surface area contributed by atoms with Gasteiger partial charge in [-0.15, -0.1) is 0 Å². The molecule has 174 valence electrons. The number of rotatable bonds is 8. The average Bonchev–Trinajstić information content (AvgIpc) is 3.16. The fourth-order valence-electron chi connectivity index (χ4n) is 3.20. The zero-order chi connectivity index (χ0) is 24.2. The van der Waals surface area contributed by atoms with Gasteiger partial charge in [0.25, 0.3) is 5.91 Å². The molecule has 0 unspecified atom stereocenters. The minimum Gasteiger partial charge on any atom is -0.465 e. The second-order valence-electron chi connectivity index (χ2n) is 7.37. The molecule has 1 N–H and O–H groups in total. The number of ether oxygens (including phenoxy) is 1. The van der Waals surface area contributed by atoms with Crippen LogP contribution in [0.3, 0.4) is 0 Å². The molecule has 3 aromatic rings. The van der Waals surface area contributed by atoms with E-state index in [0.29, 0.717) is 22.5 Å². The van der Waals surface area contributed by atoms with Crippen molar-refractivity contribution in [2.24, 2.45) is 7.05 Å². The lowest BCUT2D eigenvalue weighted by Gasteiger charge is -2.15. The molecule has 0 aliphatic heterocycles. The van der Waals surface area contributed by atoms with E-state index in [1.54, 1.807) is 51.2 Å². The lowest BCUT2D eigenvalue weighted by molar-refractivity contribution is -0.139. The largest absolute Gasteiger partial charge is 0.465 e. The summed E-state index contributed by atoms with van der Waals surface area (Å²) in [4.78, 5) is 24.3. The van der Waals surface area contributed by atoms with E-state index < -0.39 is 27.6 Å². The Bertz CT molecular complexity index is 1250. The maximum atomic E-state index is 13.2. The van der Waals surface area contributed by atoms with Crippen molar-refractivity contribution >= 4 is 21.7 Å². The van der Waals surface area contributed by atoms with Gasteiger partial charge in [-0.05, 0) is 61.9 Å². The number of esters is 1. The van der Waals surface area contributed by atoms with E-state index in [4.69, 9.17) is 4.74 Å². The van der Waals surface area contributed by atoms with Crippen LogP contribution in [-0.4, -0.2) is 42.4 Å². The molecule has 3 rings (SSSR count). The third-order valence-electron chi connectivity index (χ3n) is 4.95. The summed E-state index contributed by atoms with van der Waals surface area (Å²) in [5.41, 5.74) is 2.21. The van der Waals surface area contributed by atoms with Gasteiger partial charge in [-0.2, -0.15) is 5.10 Å². The summed E-state index contributed by atoms with van der Waals surface area (Å²) >= 11 is 0. The molecule has 0 aliphatic rings. The van der Waals surface area contributed by atoms with Crippen LogP contribution in [0.5, 0.6) is 0 Å². The number of nitrogens with zero attached hydrogens (tertiary/aromatic N) is 2. The zero-order valence-electron chi connectivity index (χ0n) is 18.4. The summed E-state index contributed by atoms with van der Waals surface area (Å²) in [5, 5.41) is 7.17. The molecule has 1 atom stereocenters. The Kier molecular flexibility index (Phi) is 7.27. The summed E-state index contributed by atoms with van der Waals surface area (Å²) in [7, 11) is -2.18. The Hall–Kier alpha value is -3.53. The number of aryl methyl sites for hydroxylation is 1. The molecule has 8 nitrogen and oxygen atoms in total. The topological polar surface area (TPSA) is 107 Å². The molecule has 1 amide bonds. The SMILES string of the molecule is CCOC(=O)CS(=O)(=O)c1ccc([C@@H](C)NC(=O)c2cc(-c3ccc(F)cc3)nn2C)cc1. The van der Waals surface area contributed by atoms with Crippen molar-refractivity contribution in [1.82, 2.24) is 15.1 Å². The van der Waals surface area contributed by atoms with Crippen molar-refractivity contribution in [3.05, 3.63) is 71.7 Å². The molecule has 0 aliphatic carbocycles. The van der Waals surface area contributed by atoms with E-state index in [0.717, 1.165) is 0 Å². The molecule has 0 bridgehead atoms. The van der Waals surface area contributed by atoms with E-state index >= 15 is 0 Å². The predicted octanol–water partition coefficient (Wildman–Crippen LogP) is 3.05. The van der Waals surface area contributed by atoms with Crippen LogP contribution in [-0.2, 0) is 26.4 Å². The number of hydrogen-bond acceptors (Lipinski definition) is 6. The lowest BCUT2D eigenvalue weighted by Crippen LogP contribution is -2.28. The van der Waals surface area contributed by atoms with Gasteiger partial charge in [-0.3, -0.25) is 14.3 Å². The van der Waals surface area contributed by atoms with Crippen molar-refractivity contribution in [3.8, 4) is 11.3 Å². The quantitative estimate of drug-likeness (QED) is 0.504.